The van der Waals surface area contributed by atoms with Gasteiger partial charge in [0, 0.05) is 11.9 Å². The second-order valence-electron chi connectivity index (χ2n) is 9.05. The van der Waals surface area contributed by atoms with Crippen LogP contribution >= 0.6 is 0 Å². The van der Waals surface area contributed by atoms with E-state index >= 15 is 0 Å². The van der Waals surface area contributed by atoms with Gasteiger partial charge >= 0.3 is 19.3 Å². The predicted molar refractivity (Wildman–Crippen MR) is 92.6 cm³/mol. The average Bonchev–Trinajstić information content (AvgIpc) is 3.34. The first-order chi connectivity index (χ1) is 12.5. The van der Waals surface area contributed by atoms with Gasteiger partial charge in [-0.05, 0) is 42.4 Å². The van der Waals surface area contributed by atoms with Crippen molar-refractivity contribution in [3.05, 3.63) is 0 Å². The molecule has 0 aliphatic heterocycles. The Morgan fingerprint density at radius 2 is 2.00 bits per heavy atom. The number of carbonyl (C=O) groups excluding carboxylic acids is 2. The van der Waals surface area contributed by atoms with E-state index in [1.165, 1.54) is 0 Å². The number of halogens is 3. The van der Waals surface area contributed by atoms with E-state index < -0.39 is 31.0 Å². The Labute approximate surface area is 157 Å². The van der Waals surface area contributed by atoms with Crippen molar-refractivity contribution in [2.45, 2.75) is 58.1 Å². The van der Waals surface area contributed by atoms with E-state index in [2.05, 4.69) is 20.8 Å². The highest BCUT2D eigenvalue weighted by Gasteiger charge is 2.62. The standard InChI is InChI=1S/C18H27BF3NO4/c1-10-12-6-11(17(12,2)3)7-15(10)23(4-5-24)9-16(25)27-19(26)14-8-13(14)18(20,21)22/h5,10-15,26H,4,6-9H2,1-3H3/t10-,11?,12-,13?,14?,15-/m0/s1. The number of hydrogen-bond donors (Lipinski definition) is 1. The first kappa shape index (κ1) is 20.6. The van der Waals surface area contributed by atoms with Gasteiger partial charge in [0.15, 0.2) is 0 Å². The fourth-order valence-corrected chi connectivity index (χ4v) is 5.35. The Hall–Kier alpha value is -1.09. The monoisotopic (exact) mass is 389 g/mol. The lowest BCUT2D eigenvalue weighted by Gasteiger charge is -2.63. The van der Waals surface area contributed by atoms with Crippen LogP contribution in [0.3, 0.4) is 0 Å². The van der Waals surface area contributed by atoms with Crippen molar-refractivity contribution in [3.8, 4) is 0 Å². The molecule has 0 radical (unpaired) electrons. The minimum absolute atomic E-state index is 0.0560. The van der Waals surface area contributed by atoms with Gasteiger partial charge in [0.2, 0.25) is 0 Å². The smallest absolute Gasteiger partial charge is 0.508 e. The molecule has 0 aromatic carbocycles. The number of rotatable bonds is 7. The van der Waals surface area contributed by atoms with Crippen molar-refractivity contribution >= 4 is 19.4 Å². The van der Waals surface area contributed by atoms with Crippen molar-refractivity contribution in [2.75, 3.05) is 13.1 Å². The fourth-order valence-electron chi connectivity index (χ4n) is 5.35. The summed E-state index contributed by atoms with van der Waals surface area (Å²) in [5, 5.41) is 9.78. The molecule has 4 rings (SSSR count). The van der Waals surface area contributed by atoms with Gasteiger partial charge < -0.3 is 14.5 Å². The summed E-state index contributed by atoms with van der Waals surface area (Å²) in [6.07, 6.45) is -1.85. The molecule has 4 aliphatic rings. The molecular weight excluding hydrogens is 362 g/mol. The van der Waals surface area contributed by atoms with Crippen LogP contribution in [0.1, 0.15) is 40.0 Å². The third-order valence-corrected chi connectivity index (χ3v) is 7.30. The zero-order chi connectivity index (χ0) is 20.1. The Kier molecular flexibility index (Phi) is 5.40. The van der Waals surface area contributed by atoms with Crippen molar-refractivity contribution in [3.63, 3.8) is 0 Å². The summed E-state index contributed by atoms with van der Waals surface area (Å²) in [5.41, 5.74) is 0.262. The van der Waals surface area contributed by atoms with E-state index in [1.807, 2.05) is 0 Å². The van der Waals surface area contributed by atoms with Crippen LogP contribution in [0.25, 0.3) is 0 Å². The predicted octanol–water partition coefficient (Wildman–Crippen LogP) is 2.53. The van der Waals surface area contributed by atoms with Gasteiger partial charge in [-0.2, -0.15) is 13.2 Å². The van der Waals surface area contributed by atoms with Crippen LogP contribution in [0.4, 0.5) is 13.2 Å². The topological polar surface area (TPSA) is 66.8 Å². The summed E-state index contributed by atoms with van der Waals surface area (Å²) >= 11 is 0. The second-order valence-corrected chi connectivity index (χ2v) is 9.05. The Bertz CT molecular complexity index is 600. The molecule has 0 spiro atoms. The SMILES string of the molecule is C[C@@H]1[C@@H](N(CC=O)CC(=O)OB(O)C2CC2C(F)(F)F)CC2C[C@@H]1C2(C)C. The van der Waals surface area contributed by atoms with Crippen LogP contribution in [-0.2, 0) is 14.2 Å². The molecule has 0 saturated heterocycles. The van der Waals surface area contributed by atoms with Crippen LogP contribution in [-0.4, -0.2) is 54.6 Å². The minimum Gasteiger partial charge on any atom is -0.508 e. The van der Waals surface area contributed by atoms with Crippen LogP contribution in [0.15, 0.2) is 0 Å². The zero-order valence-corrected chi connectivity index (χ0v) is 15.9. The number of nitrogens with zero attached hydrogens (tertiary/aromatic N) is 1. The summed E-state index contributed by atoms with van der Waals surface area (Å²) in [7, 11) is -1.75. The molecule has 9 heteroatoms. The Morgan fingerprint density at radius 3 is 2.48 bits per heavy atom. The fraction of sp³-hybridized carbons (Fsp3) is 0.889. The van der Waals surface area contributed by atoms with Crippen molar-refractivity contribution < 1.29 is 32.4 Å². The van der Waals surface area contributed by atoms with Gasteiger partial charge in [-0.1, -0.05) is 20.8 Å². The molecule has 4 saturated carbocycles. The van der Waals surface area contributed by atoms with Crippen molar-refractivity contribution in [1.29, 1.82) is 0 Å². The molecule has 0 aromatic heterocycles. The summed E-state index contributed by atoms with van der Waals surface area (Å²) in [6, 6.07) is 0.0560. The molecule has 6 atom stereocenters. The van der Waals surface area contributed by atoms with Crippen LogP contribution in [0.5, 0.6) is 0 Å². The first-order valence-corrected chi connectivity index (χ1v) is 9.58. The van der Waals surface area contributed by atoms with Gasteiger partial charge in [0.1, 0.15) is 6.29 Å². The van der Waals surface area contributed by atoms with Crippen LogP contribution < -0.4 is 0 Å². The number of hydrogen-bond acceptors (Lipinski definition) is 5. The maximum atomic E-state index is 12.6. The minimum atomic E-state index is -4.38. The average molecular weight is 389 g/mol. The van der Waals surface area contributed by atoms with Crippen molar-refractivity contribution in [1.82, 2.24) is 4.90 Å². The zero-order valence-electron chi connectivity index (χ0n) is 15.9. The quantitative estimate of drug-likeness (QED) is 0.536. The lowest BCUT2D eigenvalue weighted by atomic mass is 9.44. The molecule has 0 amide bonds. The van der Waals surface area contributed by atoms with Crippen LogP contribution in [0, 0.1) is 29.1 Å². The maximum Gasteiger partial charge on any atom is 0.528 e. The van der Waals surface area contributed by atoms with E-state index in [9.17, 15) is 27.8 Å². The van der Waals surface area contributed by atoms with E-state index in [1.54, 1.807) is 4.90 Å². The second kappa shape index (κ2) is 7.06. The highest BCUT2D eigenvalue weighted by Crippen LogP contribution is 2.62. The molecule has 1 N–H and O–H groups in total. The van der Waals surface area contributed by atoms with Gasteiger partial charge in [0.05, 0.1) is 19.0 Å². The highest BCUT2D eigenvalue weighted by molar-refractivity contribution is 6.48. The molecule has 5 nitrogen and oxygen atoms in total. The van der Waals surface area contributed by atoms with Gasteiger partial charge in [0.25, 0.3) is 0 Å². The largest absolute Gasteiger partial charge is 0.528 e. The number of aldehydes is 1. The van der Waals surface area contributed by atoms with Gasteiger partial charge in [-0.25, -0.2) is 0 Å². The molecule has 0 heterocycles. The molecule has 4 aliphatic carbocycles. The highest BCUT2D eigenvalue weighted by atomic mass is 19.4. The number of carbonyl (C=O) groups is 2. The first-order valence-electron chi connectivity index (χ1n) is 9.58. The molecule has 3 unspecified atom stereocenters. The molecule has 4 fully saturated rings. The normalized spacial score (nSPS) is 36.7. The molecule has 2 bridgehead atoms. The molecule has 0 aromatic rings. The maximum absolute atomic E-state index is 12.6. The summed E-state index contributed by atoms with van der Waals surface area (Å²) in [6.45, 7) is 6.49. The van der Waals surface area contributed by atoms with E-state index in [0.29, 0.717) is 17.8 Å². The molecular formula is C18H27BF3NO4. The third kappa shape index (κ3) is 3.90. The van der Waals surface area contributed by atoms with E-state index in [4.69, 9.17) is 4.65 Å². The Balaban J connectivity index is 1.56. The third-order valence-electron chi connectivity index (χ3n) is 7.30. The van der Waals surface area contributed by atoms with Gasteiger partial charge in [-0.15, -0.1) is 0 Å². The summed E-state index contributed by atoms with van der Waals surface area (Å²) in [5.74, 6) is -2.12. The number of alkyl halides is 3. The van der Waals surface area contributed by atoms with Crippen LogP contribution in [0.2, 0.25) is 5.82 Å². The lowest BCUT2D eigenvalue weighted by molar-refractivity contribution is -0.153. The molecule has 27 heavy (non-hydrogen) atoms. The van der Waals surface area contributed by atoms with Gasteiger partial charge in [-0.3, -0.25) is 9.69 Å². The Morgan fingerprint density at radius 1 is 1.33 bits per heavy atom. The van der Waals surface area contributed by atoms with Crippen molar-refractivity contribution in [2.24, 2.45) is 29.1 Å². The number of fused-ring (bicyclic) bond motifs is 2. The molecule has 152 valence electrons. The lowest BCUT2D eigenvalue weighted by Crippen LogP contribution is -2.61. The summed E-state index contributed by atoms with van der Waals surface area (Å²) in [4.78, 5) is 25.0. The van der Waals surface area contributed by atoms with E-state index in [0.717, 1.165) is 19.1 Å². The van der Waals surface area contributed by atoms with E-state index in [-0.39, 0.29) is 31.0 Å². The summed E-state index contributed by atoms with van der Waals surface area (Å²) < 4.78 is 42.6.